The Kier molecular flexibility index (Phi) is 3.45. The van der Waals surface area contributed by atoms with Crippen molar-refractivity contribution >= 4 is 22.1 Å². The van der Waals surface area contributed by atoms with Crippen LogP contribution in [0.25, 0.3) is 22.1 Å². The monoisotopic (exact) mass is 270 g/mol. The molecule has 0 radical (unpaired) electrons. The number of ether oxygens (including phenoxy) is 1. The van der Waals surface area contributed by atoms with Crippen LogP contribution in [0, 0.1) is 0 Å². The fourth-order valence-corrected chi connectivity index (χ4v) is 1.97. The molecule has 0 bridgehead atoms. The number of fused-ring (bicyclic) bond motifs is 2. The van der Waals surface area contributed by atoms with Crippen molar-refractivity contribution in [2.24, 2.45) is 0 Å². The highest BCUT2D eigenvalue weighted by Gasteiger charge is 2.09. The Morgan fingerprint density at radius 3 is 2.40 bits per heavy atom. The lowest BCUT2D eigenvalue weighted by Gasteiger charge is -2.11. The zero-order chi connectivity index (χ0) is 13.9. The van der Waals surface area contributed by atoms with E-state index in [1.807, 2.05) is 36.4 Å². The van der Waals surface area contributed by atoms with Gasteiger partial charge in [0.25, 0.3) is 0 Å². The van der Waals surface area contributed by atoms with Crippen LogP contribution in [-0.2, 0) is 0 Å². The summed E-state index contributed by atoms with van der Waals surface area (Å²) in [5.41, 5.74) is 3.00. The maximum atomic E-state index is 9.35. The van der Waals surface area contributed by atoms with Crippen LogP contribution in [0.4, 0.5) is 0 Å². The number of aliphatic hydroxyl groups excluding tert-OH is 2. The second kappa shape index (κ2) is 5.40. The van der Waals surface area contributed by atoms with Gasteiger partial charge in [-0.25, -0.2) is 9.97 Å². The van der Waals surface area contributed by atoms with Crippen LogP contribution in [-0.4, -0.2) is 39.5 Å². The van der Waals surface area contributed by atoms with Crippen molar-refractivity contribution in [1.82, 2.24) is 9.97 Å². The summed E-state index contributed by atoms with van der Waals surface area (Å²) in [4.78, 5) is 9.08. The van der Waals surface area contributed by atoms with Crippen molar-refractivity contribution in [1.29, 1.82) is 0 Å². The molecule has 0 aliphatic rings. The largest absolute Gasteiger partial charge is 0.488 e. The van der Waals surface area contributed by atoms with E-state index in [0.717, 1.165) is 16.6 Å². The predicted octanol–water partition coefficient (Wildman–Crippen LogP) is 1.51. The van der Waals surface area contributed by atoms with Gasteiger partial charge in [0.2, 0.25) is 0 Å². The van der Waals surface area contributed by atoms with Gasteiger partial charge >= 0.3 is 0 Å². The van der Waals surface area contributed by atoms with E-state index in [4.69, 9.17) is 9.84 Å². The lowest BCUT2D eigenvalue weighted by Crippen LogP contribution is -2.21. The molecule has 5 nitrogen and oxygen atoms in total. The summed E-state index contributed by atoms with van der Waals surface area (Å²) in [6.45, 7) is -0.316. The lowest BCUT2D eigenvalue weighted by atomic mass is 10.2. The third-order valence-corrected chi connectivity index (χ3v) is 2.97. The number of hydrogen-bond donors (Lipinski definition) is 2. The third-order valence-electron chi connectivity index (χ3n) is 2.97. The van der Waals surface area contributed by atoms with E-state index in [1.54, 1.807) is 6.07 Å². The normalized spacial score (nSPS) is 12.7. The molecule has 0 fully saturated rings. The molecule has 102 valence electrons. The molecular weight excluding hydrogens is 256 g/mol. The molecule has 1 unspecified atom stereocenters. The zero-order valence-electron chi connectivity index (χ0n) is 10.7. The van der Waals surface area contributed by atoms with E-state index >= 15 is 0 Å². The smallest absolute Gasteiger partial charge is 0.147 e. The Labute approximate surface area is 115 Å². The van der Waals surface area contributed by atoms with E-state index in [1.165, 1.54) is 0 Å². The minimum atomic E-state index is -0.904. The summed E-state index contributed by atoms with van der Waals surface area (Å²) in [5.74, 6) is 0.549. The maximum Gasteiger partial charge on any atom is 0.147 e. The van der Waals surface area contributed by atoms with Gasteiger partial charge in [0.1, 0.15) is 24.0 Å². The van der Waals surface area contributed by atoms with Crippen molar-refractivity contribution in [3.63, 3.8) is 0 Å². The van der Waals surface area contributed by atoms with Gasteiger partial charge in [-0.3, -0.25) is 0 Å². The second-order valence-electron chi connectivity index (χ2n) is 4.48. The first-order valence-electron chi connectivity index (χ1n) is 6.35. The molecule has 1 heterocycles. The maximum absolute atomic E-state index is 9.35. The standard InChI is InChI=1S/C15H14N2O3/c18-8-10(19)9-20-14-7-3-6-13-15(14)17-12-5-2-1-4-11(12)16-13/h1-7,10,18-19H,8-9H2. The molecule has 2 aromatic carbocycles. The number of aromatic nitrogens is 2. The molecule has 0 aliphatic heterocycles. The van der Waals surface area contributed by atoms with Gasteiger partial charge in [-0.1, -0.05) is 18.2 Å². The number of hydrogen-bond acceptors (Lipinski definition) is 5. The summed E-state index contributed by atoms with van der Waals surface area (Å²) >= 11 is 0. The van der Waals surface area contributed by atoms with Crippen molar-refractivity contribution in [3.8, 4) is 5.75 Å². The van der Waals surface area contributed by atoms with Gasteiger partial charge < -0.3 is 14.9 Å². The van der Waals surface area contributed by atoms with Crippen LogP contribution >= 0.6 is 0 Å². The molecule has 0 saturated heterocycles. The fourth-order valence-electron chi connectivity index (χ4n) is 1.97. The molecule has 0 spiro atoms. The minimum absolute atomic E-state index is 0.0180. The third kappa shape index (κ3) is 2.41. The predicted molar refractivity (Wildman–Crippen MR) is 75.6 cm³/mol. The molecular formula is C15H14N2O3. The van der Waals surface area contributed by atoms with E-state index in [2.05, 4.69) is 9.97 Å². The van der Waals surface area contributed by atoms with Gasteiger partial charge in [0.15, 0.2) is 0 Å². The molecule has 1 aromatic heterocycles. The molecule has 3 rings (SSSR count). The van der Waals surface area contributed by atoms with Crippen LogP contribution in [0.5, 0.6) is 5.75 Å². The van der Waals surface area contributed by atoms with Crippen molar-refractivity contribution in [2.45, 2.75) is 6.10 Å². The number of rotatable bonds is 4. The number of aliphatic hydroxyl groups is 2. The van der Waals surface area contributed by atoms with Crippen LogP contribution in [0.15, 0.2) is 42.5 Å². The molecule has 1 atom stereocenters. The molecule has 20 heavy (non-hydrogen) atoms. The molecule has 3 aromatic rings. The average Bonchev–Trinajstić information content (AvgIpc) is 2.50. The first kappa shape index (κ1) is 12.8. The van der Waals surface area contributed by atoms with Gasteiger partial charge in [-0.2, -0.15) is 0 Å². The SMILES string of the molecule is OCC(O)COc1cccc2nc3ccccc3nc12. The van der Waals surface area contributed by atoms with Crippen molar-refractivity contribution in [3.05, 3.63) is 42.5 Å². The average molecular weight is 270 g/mol. The molecule has 0 aliphatic carbocycles. The zero-order valence-corrected chi connectivity index (χ0v) is 10.7. The highest BCUT2D eigenvalue weighted by Crippen LogP contribution is 2.24. The number of nitrogens with zero attached hydrogens (tertiary/aromatic N) is 2. The van der Waals surface area contributed by atoms with Crippen LogP contribution < -0.4 is 4.74 Å². The lowest BCUT2D eigenvalue weighted by molar-refractivity contribution is 0.0540. The van der Waals surface area contributed by atoms with Gasteiger partial charge in [0.05, 0.1) is 23.2 Å². The summed E-state index contributed by atoms with van der Waals surface area (Å²) in [6, 6.07) is 13.1. The van der Waals surface area contributed by atoms with Gasteiger partial charge in [-0.05, 0) is 24.3 Å². The topological polar surface area (TPSA) is 75.5 Å². The minimum Gasteiger partial charge on any atom is -0.488 e. The summed E-state index contributed by atoms with van der Waals surface area (Å²) in [6.07, 6.45) is -0.904. The Balaban J connectivity index is 2.06. The fraction of sp³-hybridized carbons (Fsp3) is 0.200. The van der Waals surface area contributed by atoms with Crippen molar-refractivity contribution in [2.75, 3.05) is 13.2 Å². The number of benzene rings is 2. The summed E-state index contributed by atoms with van der Waals surface area (Å²) in [5, 5.41) is 18.2. The van der Waals surface area contributed by atoms with Crippen molar-refractivity contribution < 1.29 is 14.9 Å². The summed E-state index contributed by atoms with van der Waals surface area (Å²) < 4.78 is 5.51. The first-order chi connectivity index (χ1) is 9.78. The molecule has 0 saturated carbocycles. The number of para-hydroxylation sites is 3. The Morgan fingerprint density at radius 2 is 1.65 bits per heavy atom. The van der Waals surface area contributed by atoms with Crippen LogP contribution in [0.2, 0.25) is 0 Å². The first-order valence-corrected chi connectivity index (χ1v) is 6.35. The Hall–Kier alpha value is -2.24. The summed E-state index contributed by atoms with van der Waals surface area (Å²) in [7, 11) is 0. The van der Waals surface area contributed by atoms with E-state index in [-0.39, 0.29) is 13.2 Å². The van der Waals surface area contributed by atoms with E-state index < -0.39 is 6.10 Å². The van der Waals surface area contributed by atoms with Gasteiger partial charge in [-0.15, -0.1) is 0 Å². The highest BCUT2D eigenvalue weighted by molar-refractivity contribution is 5.89. The quantitative estimate of drug-likeness (QED) is 0.703. The highest BCUT2D eigenvalue weighted by atomic mass is 16.5. The van der Waals surface area contributed by atoms with Crippen LogP contribution in [0.1, 0.15) is 0 Å². The van der Waals surface area contributed by atoms with E-state index in [0.29, 0.717) is 11.3 Å². The molecule has 0 amide bonds. The molecule has 2 N–H and O–H groups in total. The second-order valence-corrected chi connectivity index (χ2v) is 4.48. The van der Waals surface area contributed by atoms with Crippen LogP contribution in [0.3, 0.4) is 0 Å². The Bertz CT molecular complexity index is 745. The van der Waals surface area contributed by atoms with Gasteiger partial charge in [0, 0.05) is 0 Å². The van der Waals surface area contributed by atoms with E-state index in [9.17, 15) is 5.11 Å². The Morgan fingerprint density at radius 1 is 0.950 bits per heavy atom. The molecule has 5 heteroatoms.